The van der Waals surface area contributed by atoms with E-state index in [0.717, 1.165) is 4.31 Å². The summed E-state index contributed by atoms with van der Waals surface area (Å²) in [5.41, 5.74) is -0.660. The number of carboxylic acid groups (broad SMARTS) is 1. The van der Waals surface area contributed by atoms with Crippen LogP contribution in [0, 0.1) is 0 Å². The van der Waals surface area contributed by atoms with Gasteiger partial charge in [0.2, 0.25) is 10.0 Å². The standard InChI is InChI=1S/C12H13N3O5S/c1-3-21(19,20)15(2)11-7-5-4-6-13-8(7)10(16)9(14-11)12(17)18/h4-6,16H,3H2,1-2H3,(H,17,18). The predicted octanol–water partition coefficient (Wildman–Crippen LogP) is 0.820. The second kappa shape index (κ2) is 5.17. The van der Waals surface area contributed by atoms with Crippen LogP contribution in [0.2, 0.25) is 0 Å². The van der Waals surface area contributed by atoms with Gasteiger partial charge in [0, 0.05) is 18.6 Å². The van der Waals surface area contributed by atoms with Crippen LogP contribution in [0.15, 0.2) is 18.3 Å². The molecule has 0 saturated carbocycles. The molecule has 2 N–H and O–H groups in total. The van der Waals surface area contributed by atoms with E-state index in [-0.39, 0.29) is 22.5 Å². The van der Waals surface area contributed by atoms with E-state index in [4.69, 9.17) is 5.11 Å². The average molecular weight is 311 g/mol. The minimum absolute atomic E-state index is 0.0157. The predicted molar refractivity (Wildman–Crippen MR) is 76.0 cm³/mol. The summed E-state index contributed by atoms with van der Waals surface area (Å²) in [5, 5.41) is 19.2. The number of aromatic hydroxyl groups is 1. The van der Waals surface area contributed by atoms with Gasteiger partial charge in [0.15, 0.2) is 17.3 Å². The molecule has 0 atom stereocenters. The van der Waals surface area contributed by atoms with E-state index in [1.807, 2.05) is 0 Å². The van der Waals surface area contributed by atoms with Crippen molar-refractivity contribution in [3.05, 3.63) is 24.0 Å². The number of aromatic carboxylic acids is 1. The fraction of sp³-hybridized carbons (Fsp3) is 0.250. The Hall–Kier alpha value is -2.42. The summed E-state index contributed by atoms with van der Waals surface area (Å²) in [6.45, 7) is 1.46. The molecule has 0 bridgehead atoms. The maximum Gasteiger partial charge on any atom is 0.358 e. The van der Waals surface area contributed by atoms with Gasteiger partial charge in [-0.05, 0) is 19.1 Å². The molecular formula is C12H13N3O5S. The van der Waals surface area contributed by atoms with Crippen LogP contribution in [0.3, 0.4) is 0 Å². The van der Waals surface area contributed by atoms with Gasteiger partial charge < -0.3 is 10.2 Å². The normalized spacial score (nSPS) is 11.5. The lowest BCUT2D eigenvalue weighted by atomic mass is 10.2. The summed E-state index contributed by atoms with van der Waals surface area (Å²) in [6.07, 6.45) is 1.37. The summed E-state index contributed by atoms with van der Waals surface area (Å²) < 4.78 is 24.8. The minimum Gasteiger partial charge on any atom is -0.504 e. The monoisotopic (exact) mass is 311 g/mol. The van der Waals surface area contributed by atoms with Crippen molar-refractivity contribution >= 4 is 32.7 Å². The van der Waals surface area contributed by atoms with Crippen LogP contribution in [-0.2, 0) is 10.0 Å². The van der Waals surface area contributed by atoms with Crippen LogP contribution in [0.4, 0.5) is 5.82 Å². The Morgan fingerprint density at radius 1 is 1.43 bits per heavy atom. The lowest BCUT2D eigenvalue weighted by Gasteiger charge is -2.19. The van der Waals surface area contributed by atoms with Gasteiger partial charge in [-0.25, -0.2) is 18.2 Å². The molecule has 2 aromatic heterocycles. The Labute approximate surface area is 120 Å². The number of pyridine rings is 2. The van der Waals surface area contributed by atoms with Gasteiger partial charge in [0.05, 0.1) is 5.75 Å². The van der Waals surface area contributed by atoms with E-state index in [0.29, 0.717) is 0 Å². The fourth-order valence-electron chi connectivity index (χ4n) is 1.82. The number of carboxylic acids is 1. The topological polar surface area (TPSA) is 121 Å². The minimum atomic E-state index is -3.63. The molecule has 8 nitrogen and oxygen atoms in total. The molecule has 0 unspecified atom stereocenters. The van der Waals surface area contributed by atoms with Crippen molar-refractivity contribution in [1.29, 1.82) is 0 Å². The molecule has 0 aliphatic carbocycles. The van der Waals surface area contributed by atoms with Crippen LogP contribution in [0.25, 0.3) is 10.9 Å². The average Bonchev–Trinajstić information content (AvgIpc) is 2.47. The highest BCUT2D eigenvalue weighted by molar-refractivity contribution is 7.92. The van der Waals surface area contributed by atoms with Crippen LogP contribution in [0.5, 0.6) is 5.75 Å². The van der Waals surface area contributed by atoms with Crippen molar-refractivity contribution in [2.24, 2.45) is 0 Å². The largest absolute Gasteiger partial charge is 0.504 e. The summed E-state index contributed by atoms with van der Waals surface area (Å²) in [4.78, 5) is 18.8. The number of aromatic nitrogens is 2. The van der Waals surface area contributed by atoms with Gasteiger partial charge in [0.1, 0.15) is 5.52 Å². The van der Waals surface area contributed by atoms with Crippen molar-refractivity contribution in [1.82, 2.24) is 9.97 Å². The Balaban J connectivity index is 2.86. The second-order valence-electron chi connectivity index (χ2n) is 4.21. The number of rotatable bonds is 4. The van der Waals surface area contributed by atoms with Crippen molar-refractivity contribution < 1.29 is 23.4 Å². The molecule has 112 valence electrons. The van der Waals surface area contributed by atoms with Crippen molar-refractivity contribution in [3.8, 4) is 5.75 Å². The van der Waals surface area contributed by atoms with Crippen molar-refractivity contribution in [2.45, 2.75) is 6.92 Å². The molecule has 0 amide bonds. The van der Waals surface area contributed by atoms with E-state index < -0.39 is 27.4 Å². The highest BCUT2D eigenvalue weighted by Crippen LogP contribution is 2.32. The molecule has 0 aliphatic heterocycles. The number of hydrogen-bond acceptors (Lipinski definition) is 6. The van der Waals surface area contributed by atoms with Crippen molar-refractivity contribution in [2.75, 3.05) is 17.1 Å². The number of anilines is 1. The highest BCUT2D eigenvalue weighted by Gasteiger charge is 2.25. The van der Waals surface area contributed by atoms with Gasteiger partial charge in [-0.3, -0.25) is 9.29 Å². The number of nitrogens with zero attached hydrogens (tertiary/aromatic N) is 3. The highest BCUT2D eigenvalue weighted by atomic mass is 32.2. The maximum absolute atomic E-state index is 12.0. The van der Waals surface area contributed by atoms with Gasteiger partial charge in [-0.2, -0.15) is 0 Å². The zero-order valence-electron chi connectivity index (χ0n) is 11.3. The molecule has 2 rings (SSSR count). The van der Waals surface area contributed by atoms with E-state index in [2.05, 4.69) is 9.97 Å². The molecule has 0 spiro atoms. The van der Waals surface area contributed by atoms with Crippen LogP contribution in [-0.4, -0.2) is 47.4 Å². The van der Waals surface area contributed by atoms with Gasteiger partial charge in [-0.15, -0.1) is 0 Å². The third-order valence-corrected chi connectivity index (χ3v) is 4.73. The molecule has 0 aliphatic rings. The number of sulfonamides is 1. The molecule has 0 radical (unpaired) electrons. The van der Waals surface area contributed by atoms with Crippen LogP contribution < -0.4 is 4.31 Å². The third-order valence-electron chi connectivity index (χ3n) is 3.00. The number of carbonyl (C=O) groups is 1. The summed E-state index contributed by atoms with van der Waals surface area (Å²) in [7, 11) is -2.36. The zero-order chi connectivity index (χ0) is 15.8. The first-order valence-electron chi connectivity index (χ1n) is 5.97. The molecule has 9 heteroatoms. The molecular weight excluding hydrogens is 298 g/mol. The summed E-state index contributed by atoms with van der Waals surface area (Å²) >= 11 is 0. The molecule has 0 fully saturated rings. The Morgan fingerprint density at radius 3 is 2.67 bits per heavy atom. The number of hydrogen-bond donors (Lipinski definition) is 2. The molecule has 0 saturated heterocycles. The van der Waals surface area contributed by atoms with Gasteiger partial charge in [0.25, 0.3) is 0 Å². The lowest BCUT2D eigenvalue weighted by Crippen LogP contribution is -2.29. The van der Waals surface area contributed by atoms with E-state index in [1.165, 1.54) is 26.2 Å². The first-order valence-corrected chi connectivity index (χ1v) is 7.58. The Bertz CT molecular complexity index is 819. The maximum atomic E-state index is 12.0. The molecule has 2 aromatic rings. The van der Waals surface area contributed by atoms with Crippen LogP contribution in [0.1, 0.15) is 17.4 Å². The van der Waals surface area contributed by atoms with Gasteiger partial charge in [-0.1, -0.05) is 0 Å². The zero-order valence-corrected chi connectivity index (χ0v) is 12.1. The first-order chi connectivity index (χ1) is 9.79. The first kappa shape index (κ1) is 15.0. The van der Waals surface area contributed by atoms with E-state index in [9.17, 15) is 18.3 Å². The Morgan fingerprint density at radius 2 is 2.10 bits per heavy atom. The summed E-state index contributed by atoms with van der Waals surface area (Å²) in [5.74, 6) is -2.32. The second-order valence-corrected chi connectivity index (χ2v) is 6.49. The van der Waals surface area contributed by atoms with Gasteiger partial charge >= 0.3 is 5.97 Å². The Kier molecular flexibility index (Phi) is 3.69. The molecule has 2 heterocycles. The van der Waals surface area contributed by atoms with E-state index >= 15 is 0 Å². The quantitative estimate of drug-likeness (QED) is 0.857. The lowest BCUT2D eigenvalue weighted by molar-refractivity contribution is 0.0687. The van der Waals surface area contributed by atoms with Crippen molar-refractivity contribution in [3.63, 3.8) is 0 Å². The summed E-state index contributed by atoms with van der Waals surface area (Å²) in [6, 6.07) is 3.05. The van der Waals surface area contributed by atoms with Crippen LogP contribution >= 0.6 is 0 Å². The molecule has 0 aromatic carbocycles. The number of fused-ring (bicyclic) bond motifs is 1. The SMILES string of the molecule is CCS(=O)(=O)N(C)c1nc(C(=O)O)c(O)c2ncccc12. The fourth-order valence-corrected chi connectivity index (χ4v) is 2.61. The smallest absolute Gasteiger partial charge is 0.358 e. The third kappa shape index (κ3) is 2.47. The van der Waals surface area contributed by atoms with E-state index in [1.54, 1.807) is 6.07 Å². The molecule has 21 heavy (non-hydrogen) atoms.